The van der Waals surface area contributed by atoms with Crippen molar-refractivity contribution in [2.45, 2.75) is 40.2 Å². The molecule has 1 aromatic heterocycles. The van der Waals surface area contributed by atoms with Gasteiger partial charge in [-0.1, -0.05) is 0 Å². The second-order valence-electron chi connectivity index (χ2n) is 6.02. The number of nitrogens with one attached hydrogen (secondary N) is 2. The van der Waals surface area contributed by atoms with Crippen molar-refractivity contribution in [3.05, 3.63) is 45.7 Å². The van der Waals surface area contributed by atoms with Gasteiger partial charge in [-0.05, 0) is 52.0 Å². The molecule has 2 rings (SSSR count). The highest BCUT2D eigenvalue weighted by atomic mass is 127. The molecule has 2 aromatic rings. The van der Waals surface area contributed by atoms with Gasteiger partial charge in [0, 0.05) is 24.4 Å². The Morgan fingerprint density at radius 1 is 1.26 bits per heavy atom. The summed E-state index contributed by atoms with van der Waals surface area (Å²) in [5.74, 6) is 1.14. The fraction of sp³-hybridized carbons (Fsp3) is 0.474. The average Bonchev–Trinajstić information content (AvgIpc) is 2.92. The van der Waals surface area contributed by atoms with Crippen LogP contribution in [0.4, 0.5) is 4.39 Å². The minimum atomic E-state index is -0.270. The van der Waals surface area contributed by atoms with Crippen molar-refractivity contribution in [3.8, 4) is 5.75 Å². The summed E-state index contributed by atoms with van der Waals surface area (Å²) in [5, 5.41) is 7.68. The predicted molar refractivity (Wildman–Crippen MR) is 121 cm³/mol. The number of hydrogen-bond donors (Lipinski definition) is 2. The summed E-state index contributed by atoms with van der Waals surface area (Å²) in [7, 11) is 0. The van der Waals surface area contributed by atoms with Gasteiger partial charge in [0.15, 0.2) is 5.96 Å². The molecule has 0 aliphatic heterocycles. The number of rotatable bonds is 8. The smallest absolute Gasteiger partial charge is 0.191 e. The van der Waals surface area contributed by atoms with E-state index < -0.39 is 0 Å². The lowest BCUT2D eigenvalue weighted by atomic mass is 10.3. The molecular weight excluding hydrogens is 478 g/mol. The summed E-state index contributed by atoms with van der Waals surface area (Å²) < 4.78 is 18.7. The zero-order chi connectivity index (χ0) is 18.9. The monoisotopic (exact) mass is 506 g/mol. The zero-order valence-electron chi connectivity index (χ0n) is 16.2. The Labute approximate surface area is 181 Å². The van der Waals surface area contributed by atoms with Crippen molar-refractivity contribution in [1.29, 1.82) is 0 Å². The molecule has 0 saturated carbocycles. The number of guanidine groups is 1. The highest BCUT2D eigenvalue weighted by Crippen LogP contribution is 2.17. The number of halogens is 2. The van der Waals surface area contributed by atoms with E-state index in [-0.39, 0.29) is 35.9 Å². The molecular formula is C19H28FIN4OS. The first kappa shape index (κ1) is 23.6. The van der Waals surface area contributed by atoms with Crippen LogP contribution in [0.5, 0.6) is 5.75 Å². The predicted octanol–water partition coefficient (Wildman–Crippen LogP) is 4.08. The third-order valence-corrected chi connectivity index (χ3v) is 4.78. The number of aryl methyl sites for hydroxylation is 2. The lowest BCUT2D eigenvalue weighted by molar-refractivity contribution is 0.230. The average molecular weight is 506 g/mol. The van der Waals surface area contributed by atoms with E-state index in [0.29, 0.717) is 12.3 Å². The largest absolute Gasteiger partial charge is 0.489 e. The van der Waals surface area contributed by atoms with E-state index in [0.717, 1.165) is 36.2 Å². The zero-order valence-corrected chi connectivity index (χ0v) is 19.4. The number of ether oxygens (including phenoxy) is 1. The van der Waals surface area contributed by atoms with Crippen molar-refractivity contribution in [1.82, 2.24) is 15.6 Å². The van der Waals surface area contributed by atoms with Gasteiger partial charge in [0.2, 0.25) is 0 Å². The summed E-state index contributed by atoms with van der Waals surface area (Å²) in [5.41, 5.74) is 1.11. The fourth-order valence-electron chi connectivity index (χ4n) is 2.44. The third-order valence-electron chi connectivity index (χ3n) is 3.65. The highest BCUT2D eigenvalue weighted by molar-refractivity contribution is 14.0. The molecule has 8 heteroatoms. The molecule has 0 aliphatic carbocycles. The summed E-state index contributed by atoms with van der Waals surface area (Å²) >= 11 is 1.74. The van der Waals surface area contributed by atoms with Gasteiger partial charge in [-0.15, -0.1) is 35.3 Å². The Morgan fingerprint density at radius 2 is 1.96 bits per heavy atom. The fourth-order valence-corrected chi connectivity index (χ4v) is 3.38. The molecule has 0 bridgehead atoms. The number of hydrogen-bond acceptors (Lipinski definition) is 4. The van der Waals surface area contributed by atoms with Gasteiger partial charge in [0.05, 0.1) is 17.2 Å². The molecule has 0 saturated heterocycles. The van der Waals surface area contributed by atoms with Gasteiger partial charge in [0.25, 0.3) is 0 Å². The van der Waals surface area contributed by atoms with Gasteiger partial charge in [-0.3, -0.25) is 0 Å². The standard InChI is InChI=1S/C19H27FN4OS.HI/c1-5-21-19(22-11-10-18-14(3)24-15(4)26-18)23-12-13(2)25-17-8-6-16(20)7-9-17;/h6-9,13H,5,10-12H2,1-4H3,(H2,21,22,23);1H. The lowest BCUT2D eigenvalue weighted by Crippen LogP contribution is -2.39. The molecule has 0 amide bonds. The molecule has 0 aliphatic rings. The molecule has 1 unspecified atom stereocenters. The quantitative estimate of drug-likeness (QED) is 0.322. The van der Waals surface area contributed by atoms with Gasteiger partial charge >= 0.3 is 0 Å². The minimum absolute atomic E-state index is 0. The topological polar surface area (TPSA) is 58.5 Å². The van der Waals surface area contributed by atoms with Crippen LogP contribution in [0.15, 0.2) is 29.3 Å². The Kier molecular flexibility index (Phi) is 10.6. The van der Waals surface area contributed by atoms with E-state index in [2.05, 4.69) is 20.6 Å². The summed E-state index contributed by atoms with van der Waals surface area (Å²) in [6.45, 7) is 10.1. The van der Waals surface area contributed by atoms with Crippen LogP contribution in [0.1, 0.15) is 29.4 Å². The Balaban J connectivity index is 0.00000364. The Bertz CT molecular complexity index is 721. The summed E-state index contributed by atoms with van der Waals surface area (Å²) in [6.07, 6.45) is 0.811. The van der Waals surface area contributed by atoms with Gasteiger partial charge in [-0.25, -0.2) is 14.4 Å². The van der Waals surface area contributed by atoms with Crippen LogP contribution < -0.4 is 15.4 Å². The molecule has 5 nitrogen and oxygen atoms in total. The second-order valence-corrected chi connectivity index (χ2v) is 7.31. The summed E-state index contributed by atoms with van der Waals surface area (Å²) in [4.78, 5) is 10.3. The minimum Gasteiger partial charge on any atom is -0.489 e. The maximum atomic E-state index is 12.9. The molecule has 0 spiro atoms. The van der Waals surface area contributed by atoms with Crippen molar-refractivity contribution < 1.29 is 9.13 Å². The third kappa shape index (κ3) is 8.42. The maximum Gasteiger partial charge on any atom is 0.191 e. The number of aliphatic imine (C=N–C) groups is 1. The van der Waals surface area contributed by atoms with Crippen LogP contribution in [-0.4, -0.2) is 36.7 Å². The van der Waals surface area contributed by atoms with Gasteiger partial charge < -0.3 is 15.4 Å². The van der Waals surface area contributed by atoms with Crippen molar-refractivity contribution in [2.24, 2.45) is 4.99 Å². The number of benzene rings is 1. The van der Waals surface area contributed by atoms with Gasteiger partial charge in [0.1, 0.15) is 17.7 Å². The van der Waals surface area contributed by atoms with Crippen LogP contribution in [0.3, 0.4) is 0 Å². The first-order valence-electron chi connectivity index (χ1n) is 8.85. The maximum absolute atomic E-state index is 12.9. The van der Waals surface area contributed by atoms with Gasteiger partial charge in [-0.2, -0.15) is 0 Å². The van der Waals surface area contributed by atoms with Crippen LogP contribution >= 0.6 is 35.3 Å². The first-order valence-corrected chi connectivity index (χ1v) is 9.67. The van der Waals surface area contributed by atoms with Crippen LogP contribution in [0.2, 0.25) is 0 Å². The lowest BCUT2D eigenvalue weighted by Gasteiger charge is -2.15. The van der Waals surface area contributed by atoms with Crippen molar-refractivity contribution in [3.63, 3.8) is 0 Å². The molecule has 2 N–H and O–H groups in total. The molecule has 150 valence electrons. The number of thiazole rings is 1. The number of aromatic nitrogens is 1. The molecule has 1 aromatic carbocycles. The first-order chi connectivity index (χ1) is 12.5. The van der Waals surface area contributed by atoms with E-state index in [9.17, 15) is 4.39 Å². The van der Waals surface area contributed by atoms with E-state index in [4.69, 9.17) is 4.74 Å². The van der Waals surface area contributed by atoms with Crippen molar-refractivity contribution >= 4 is 41.3 Å². The molecule has 27 heavy (non-hydrogen) atoms. The molecule has 0 radical (unpaired) electrons. The van der Waals surface area contributed by atoms with E-state index in [1.165, 1.54) is 17.0 Å². The second kappa shape index (κ2) is 12.1. The normalized spacial score (nSPS) is 12.3. The SMILES string of the molecule is CCNC(=NCC(C)Oc1ccc(F)cc1)NCCc1sc(C)nc1C.I. The van der Waals surface area contributed by atoms with Crippen LogP contribution in [0, 0.1) is 19.7 Å². The summed E-state index contributed by atoms with van der Waals surface area (Å²) in [6, 6.07) is 6.02. The number of nitrogens with zero attached hydrogens (tertiary/aromatic N) is 2. The van der Waals surface area contributed by atoms with E-state index in [1.54, 1.807) is 23.5 Å². The Hall–Kier alpha value is -1.42. The van der Waals surface area contributed by atoms with Crippen LogP contribution in [0.25, 0.3) is 0 Å². The highest BCUT2D eigenvalue weighted by Gasteiger charge is 2.07. The van der Waals surface area contributed by atoms with Crippen LogP contribution in [-0.2, 0) is 6.42 Å². The molecule has 1 heterocycles. The molecule has 1 atom stereocenters. The van der Waals surface area contributed by atoms with Crippen molar-refractivity contribution in [2.75, 3.05) is 19.6 Å². The Morgan fingerprint density at radius 3 is 2.56 bits per heavy atom. The van der Waals surface area contributed by atoms with E-state index >= 15 is 0 Å². The molecule has 0 fully saturated rings. The van der Waals surface area contributed by atoms with E-state index in [1.807, 2.05) is 27.7 Å².